The molecule has 1 spiro atoms. The van der Waals surface area contributed by atoms with Crippen molar-refractivity contribution in [2.24, 2.45) is 16.7 Å². The van der Waals surface area contributed by atoms with Crippen molar-refractivity contribution < 1.29 is 12.9 Å². The van der Waals surface area contributed by atoms with Crippen LogP contribution in [-0.2, 0) is 16.6 Å². The highest BCUT2D eigenvalue weighted by Crippen LogP contribution is 2.70. The lowest BCUT2D eigenvalue weighted by Crippen LogP contribution is -2.41. The molecule has 4 rings (SSSR count). The van der Waals surface area contributed by atoms with E-state index in [1.165, 1.54) is 0 Å². The topological polar surface area (TPSA) is 76.3 Å². The lowest BCUT2D eigenvalue weighted by molar-refractivity contribution is 0.111. The van der Waals surface area contributed by atoms with Crippen LogP contribution in [0.4, 0.5) is 0 Å². The van der Waals surface area contributed by atoms with Crippen LogP contribution in [-0.4, -0.2) is 34.7 Å². The second-order valence-corrected chi connectivity index (χ2v) is 10.3. The van der Waals surface area contributed by atoms with Crippen molar-refractivity contribution in [2.45, 2.75) is 65.5 Å². The van der Waals surface area contributed by atoms with Gasteiger partial charge in [0.25, 0.3) is 0 Å². The third-order valence-corrected chi connectivity index (χ3v) is 8.79. The van der Waals surface area contributed by atoms with Crippen molar-refractivity contribution in [1.29, 1.82) is 0 Å². The van der Waals surface area contributed by atoms with Crippen LogP contribution in [0.5, 0.6) is 0 Å². The molecule has 3 fully saturated rings. The largest absolute Gasteiger partial charge is 0.339 e. The lowest BCUT2D eigenvalue weighted by atomic mass is 9.69. The van der Waals surface area contributed by atoms with E-state index in [2.05, 4.69) is 24.0 Å². The van der Waals surface area contributed by atoms with Crippen molar-refractivity contribution >= 4 is 10.0 Å². The van der Waals surface area contributed by atoms with E-state index >= 15 is 0 Å². The van der Waals surface area contributed by atoms with Gasteiger partial charge in [-0.3, -0.25) is 0 Å². The Kier molecular flexibility index (Phi) is 3.09. The normalized spacial score (nSPS) is 37.6. The maximum Gasteiger partial charge on any atom is 0.229 e. The van der Waals surface area contributed by atoms with Crippen LogP contribution in [0.1, 0.15) is 64.6 Å². The van der Waals surface area contributed by atoms with Crippen molar-refractivity contribution in [2.75, 3.05) is 5.75 Å². The van der Waals surface area contributed by atoms with E-state index in [0.29, 0.717) is 17.6 Å². The highest BCUT2D eigenvalue weighted by molar-refractivity contribution is 7.89. The predicted molar refractivity (Wildman–Crippen MR) is 85.1 cm³/mol. The van der Waals surface area contributed by atoms with Crippen LogP contribution in [0.15, 0.2) is 4.52 Å². The van der Waals surface area contributed by atoms with Gasteiger partial charge >= 0.3 is 0 Å². The summed E-state index contributed by atoms with van der Waals surface area (Å²) < 4.78 is 32.6. The van der Waals surface area contributed by atoms with E-state index in [1.54, 1.807) is 4.31 Å². The van der Waals surface area contributed by atoms with Gasteiger partial charge < -0.3 is 4.52 Å². The Morgan fingerprint density at radius 1 is 1.39 bits per heavy atom. The molecular formula is C16H25N3O3S. The molecule has 1 unspecified atom stereocenters. The monoisotopic (exact) mass is 339 g/mol. The summed E-state index contributed by atoms with van der Waals surface area (Å²) in [6.07, 6.45) is 3.15. The van der Waals surface area contributed by atoms with E-state index < -0.39 is 10.0 Å². The summed E-state index contributed by atoms with van der Waals surface area (Å²) in [6, 6.07) is 0.0993. The van der Waals surface area contributed by atoms with E-state index in [0.717, 1.165) is 19.3 Å². The molecule has 23 heavy (non-hydrogen) atoms. The lowest BCUT2D eigenvalue weighted by Gasteiger charge is -2.37. The van der Waals surface area contributed by atoms with Gasteiger partial charge in [-0.25, -0.2) is 8.42 Å². The molecule has 0 aromatic carbocycles. The number of hydrogen-bond acceptors (Lipinski definition) is 5. The molecule has 6 nitrogen and oxygen atoms in total. The average Bonchev–Trinajstić information content (AvgIpc) is 3.11. The highest BCUT2D eigenvalue weighted by atomic mass is 32.2. The van der Waals surface area contributed by atoms with Crippen LogP contribution in [0.25, 0.3) is 0 Å². The van der Waals surface area contributed by atoms with Crippen LogP contribution in [0, 0.1) is 16.7 Å². The minimum atomic E-state index is -3.26. The molecule has 1 saturated heterocycles. The van der Waals surface area contributed by atoms with Gasteiger partial charge in [0.2, 0.25) is 15.9 Å². The first-order chi connectivity index (χ1) is 10.7. The molecular weight excluding hydrogens is 314 g/mol. The SMILES string of the molecule is CC(C)c1nc(CN2[C@H]3C[C@H]4CCC3(CS2(=O)=O)C4(C)C)no1. The molecule has 0 radical (unpaired) electrons. The quantitative estimate of drug-likeness (QED) is 0.846. The van der Waals surface area contributed by atoms with Crippen LogP contribution < -0.4 is 0 Å². The van der Waals surface area contributed by atoms with Crippen LogP contribution >= 0.6 is 0 Å². The summed E-state index contributed by atoms with van der Waals surface area (Å²) in [4.78, 5) is 4.37. The summed E-state index contributed by atoms with van der Waals surface area (Å²) in [5.74, 6) is 2.11. The Hall–Kier alpha value is -0.950. The fraction of sp³-hybridized carbons (Fsp3) is 0.875. The molecule has 3 atom stereocenters. The number of nitrogens with zero attached hydrogens (tertiary/aromatic N) is 3. The molecule has 2 saturated carbocycles. The molecule has 7 heteroatoms. The fourth-order valence-electron chi connectivity index (χ4n) is 5.29. The molecule has 0 amide bonds. The van der Waals surface area contributed by atoms with Crippen molar-refractivity contribution in [1.82, 2.24) is 14.4 Å². The zero-order chi connectivity index (χ0) is 16.6. The molecule has 2 heterocycles. The third kappa shape index (κ3) is 1.92. The molecule has 1 aromatic rings. The van der Waals surface area contributed by atoms with E-state index in [4.69, 9.17) is 4.52 Å². The third-order valence-electron chi connectivity index (χ3n) is 6.81. The van der Waals surface area contributed by atoms with Crippen LogP contribution in [0.2, 0.25) is 0 Å². The fourth-order valence-corrected chi connectivity index (χ4v) is 7.80. The Labute approximate surface area is 137 Å². The number of aromatic nitrogens is 2. The average molecular weight is 339 g/mol. The zero-order valence-corrected chi connectivity index (χ0v) is 15.1. The number of rotatable bonds is 3. The van der Waals surface area contributed by atoms with Gasteiger partial charge in [0.1, 0.15) is 0 Å². The summed E-state index contributed by atoms with van der Waals surface area (Å²) in [7, 11) is -3.26. The van der Waals surface area contributed by atoms with Gasteiger partial charge in [-0.05, 0) is 30.6 Å². The first-order valence-corrected chi connectivity index (χ1v) is 10.1. The molecule has 0 N–H and O–H groups in total. The van der Waals surface area contributed by atoms with Gasteiger partial charge in [0.15, 0.2) is 5.82 Å². The Morgan fingerprint density at radius 3 is 2.74 bits per heavy atom. The Bertz CT molecular complexity index is 740. The summed E-state index contributed by atoms with van der Waals surface area (Å²) in [6.45, 7) is 8.73. The molecule has 2 aliphatic carbocycles. The van der Waals surface area contributed by atoms with Gasteiger partial charge in [-0.2, -0.15) is 9.29 Å². The van der Waals surface area contributed by atoms with E-state index in [-0.39, 0.29) is 35.1 Å². The van der Waals surface area contributed by atoms with E-state index in [9.17, 15) is 8.42 Å². The van der Waals surface area contributed by atoms with Gasteiger partial charge in [0, 0.05) is 17.4 Å². The van der Waals surface area contributed by atoms with Gasteiger partial charge in [-0.1, -0.05) is 32.9 Å². The van der Waals surface area contributed by atoms with Crippen molar-refractivity contribution in [3.8, 4) is 0 Å². The van der Waals surface area contributed by atoms with Crippen LogP contribution in [0.3, 0.4) is 0 Å². The molecule has 1 aromatic heterocycles. The van der Waals surface area contributed by atoms with E-state index in [1.807, 2.05) is 13.8 Å². The van der Waals surface area contributed by atoms with Crippen molar-refractivity contribution in [3.63, 3.8) is 0 Å². The molecule has 128 valence electrons. The standard InChI is InChI=1S/C16H25N3O3S/c1-10(2)14-17-13(18-22-14)8-19-12-7-11-5-6-16(12,15(11,3)4)9-23(19,20)21/h10-12H,5-9H2,1-4H3/t11-,12+,16?/m1/s1. The van der Waals surface area contributed by atoms with Crippen molar-refractivity contribution in [3.05, 3.63) is 11.7 Å². The molecule has 2 bridgehead atoms. The summed E-state index contributed by atoms with van der Waals surface area (Å²) >= 11 is 0. The number of sulfonamides is 1. The first-order valence-electron chi connectivity index (χ1n) is 8.49. The summed E-state index contributed by atoms with van der Waals surface area (Å²) in [5, 5.41) is 3.98. The number of hydrogen-bond donors (Lipinski definition) is 0. The van der Waals surface area contributed by atoms with Gasteiger partial charge in [-0.15, -0.1) is 0 Å². The zero-order valence-electron chi connectivity index (χ0n) is 14.2. The Balaban J connectivity index is 1.67. The summed E-state index contributed by atoms with van der Waals surface area (Å²) in [5.41, 5.74) is 0.000939. The first kappa shape index (κ1) is 15.6. The minimum Gasteiger partial charge on any atom is -0.339 e. The maximum absolute atomic E-state index is 12.8. The second kappa shape index (κ2) is 4.57. The predicted octanol–water partition coefficient (Wildman–Crippen LogP) is 2.53. The highest BCUT2D eigenvalue weighted by Gasteiger charge is 2.71. The maximum atomic E-state index is 12.8. The molecule has 1 aliphatic heterocycles. The minimum absolute atomic E-state index is 0.0961. The smallest absolute Gasteiger partial charge is 0.229 e. The molecule has 3 aliphatic rings. The number of fused-ring (bicyclic) bond motifs is 1. The second-order valence-electron chi connectivity index (χ2n) is 8.37. The Morgan fingerprint density at radius 2 is 2.13 bits per heavy atom. The van der Waals surface area contributed by atoms with Gasteiger partial charge in [0.05, 0.1) is 12.3 Å².